The second-order valence-electron chi connectivity index (χ2n) is 17.8. The molecule has 2 aliphatic carbocycles. The smallest absolute Gasteiger partial charge is 0.427 e. The van der Waals surface area contributed by atoms with Gasteiger partial charge in [-0.25, -0.2) is 13.4 Å². The highest BCUT2D eigenvalue weighted by Gasteiger charge is 2.62. The molecular formula is C45H53F3N4O9S. The molecule has 3 aromatic rings. The number of esters is 1. The van der Waals surface area contributed by atoms with E-state index in [1.165, 1.54) is 4.90 Å². The fraction of sp³-hybridized carbons (Fsp3) is 0.533. The van der Waals surface area contributed by atoms with Crippen LogP contribution >= 0.6 is 0 Å². The highest BCUT2D eigenvalue weighted by molar-refractivity contribution is 7.91. The number of halogens is 3. The Hall–Kier alpha value is -5.19. The summed E-state index contributed by atoms with van der Waals surface area (Å²) >= 11 is 0. The van der Waals surface area contributed by atoms with Crippen molar-refractivity contribution >= 4 is 44.5 Å². The number of rotatable bonds is 10. The number of benzene rings is 2. The number of ether oxygens (including phenoxy) is 3. The van der Waals surface area contributed by atoms with Gasteiger partial charge in [-0.2, -0.15) is 13.2 Å². The van der Waals surface area contributed by atoms with Crippen molar-refractivity contribution < 1.29 is 55.0 Å². The summed E-state index contributed by atoms with van der Waals surface area (Å²) in [5, 5.41) is 3.48. The Bertz CT molecular complexity index is 2350. The zero-order valence-corrected chi connectivity index (χ0v) is 36.2. The van der Waals surface area contributed by atoms with Crippen LogP contribution in [0.3, 0.4) is 0 Å². The molecule has 3 amide bonds. The fourth-order valence-electron chi connectivity index (χ4n) is 8.54. The van der Waals surface area contributed by atoms with Crippen molar-refractivity contribution in [1.82, 2.24) is 19.9 Å². The maximum absolute atomic E-state index is 15.0. The van der Waals surface area contributed by atoms with Gasteiger partial charge in [0.15, 0.2) is 0 Å². The maximum atomic E-state index is 15.0. The molecule has 2 aromatic carbocycles. The first-order chi connectivity index (χ1) is 29.2. The molecule has 0 radical (unpaired) electrons. The van der Waals surface area contributed by atoms with Gasteiger partial charge in [0, 0.05) is 23.3 Å². The molecule has 2 N–H and O–H groups in total. The van der Waals surface area contributed by atoms with Crippen LogP contribution in [0.15, 0.2) is 66.7 Å². The van der Waals surface area contributed by atoms with Gasteiger partial charge in [0.25, 0.3) is 5.91 Å². The van der Waals surface area contributed by atoms with Gasteiger partial charge >= 0.3 is 12.1 Å². The minimum Gasteiger partial charge on any atom is -0.497 e. The number of allylic oxidation sites excluding steroid dienone is 1. The minimum absolute atomic E-state index is 0.00579. The molecule has 2 aliphatic heterocycles. The van der Waals surface area contributed by atoms with E-state index in [0.29, 0.717) is 48.9 Å². The van der Waals surface area contributed by atoms with Crippen molar-refractivity contribution in [3.05, 3.63) is 66.7 Å². The maximum Gasteiger partial charge on any atom is 0.427 e. The van der Waals surface area contributed by atoms with Crippen molar-refractivity contribution in [2.45, 2.75) is 114 Å². The van der Waals surface area contributed by atoms with E-state index in [2.05, 4.69) is 10.0 Å². The Morgan fingerprint density at radius 2 is 1.74 bits per heavy atom. The second-order valence-corrected chi connectivity index (χ2v) is 19.8. The van der Waals surface area contributed by atoms with E-state index in [9.17, 15) is 40.8 Å². The van der Waals surface area contributed by atoms with E-state index in [1.807, 2.05) is 55.5 Å². The number of carbonyl (C=O) groups is 4. The van der Waals surface area contributed by atoms with Crippen molar-refractivity contribution in [2.75, 3.05) is 13.7 Å². The summed E-state index contributed by atoms with van der Waals surface area (Å²) in [5.74, 6) is -5.03. The average Bonchev–Trinajstić information content (AvgIpc) is 4.14. The van der Waals surface area contributed by atoms with E-state index < -0.39 is 92.6 Å². The van der Waals surface area contributed by atoms with Crippen LogP contribution in [-0.2, 0) is 33.9 Å². The highest BCUT2D eigenvalue weighted by Crippen LogP contribution is 2.46. The zero-order chi connectivity index (χ0) is 44.8. The predicted octanol–water partition coefficient (Wildman–Crippen LogP) is 6.64. The number of pyridine rings is 1. The number of hydrogen-bond acceptors (Lipinski definition) is 10. The van der Waals surface area contributed by atoms with Gasteiger partial charge in [-0.15, -0.1) is 0 Å². The molecular weight excluding hydrogens is 830 g/mol. The largest absolute Gasteiger partial charge is 0.497 e. The first-order valence-electron chi connectivity index (χ1n) is 21.1. The second kappa shape index (κ2) is 17.2. The third-order valence-corrected chi connectivity index (χ3v) is 14.4. The van der Waals surface area contributed by atoms with Crippen molar-refractivity contribution in [3.8, 4) is 22.9 Å². The number of methoxy groups -OCH3 is 1. The normalized spacial score (nSPS) is 27.8. The number of nitrogens with zero attached hydrogens (tertiary/aromatic N) is 2. The highest BCUT2D eigenvalue weighted by atomic mass is 32.2. The summed E-state index contributed by atoms with van der Waals surface area (Å²) in [7, 11) is -2.44. The van der Waals surface area contributed by atoms with Crippen LogP contribution in [0, 0.1) is 23.7 Å². The molecule has 17 heteroatoms. The first-order valence-corrected chi connectivity index (χ1v) is 22.6. The number of sulfonamides is 1. The van der Waals surface area contributed by atoms with Crippen molar-refractivity contribution in [1.29, 1.82) is 0 Å². The van der Waals surface area contributed by atoms with Crippen LogP contribution < -0.4 is 19.5 Å². The molecule has 7 rings (SSSR count). The lowest BCUT2D eigenvalue weighted by Crippen LogP contribution is -2.57. The third-order valence-electron chi connectivity index (χ3n) is 12.6. The molecule has 62 heavy (non-hydrogen) atoms. The Labute approximate surface area is 359 Å². The monoisotopic (exact) mass is 882 g/mol. The average molecular weight is 883 g/mol. The Kier molecular flexibility index (Phi) is 12.4. The molecule has 0 spiro atoms. The number of hydrogen-bond donors (Lipinski definition) is 2. The summed E-state index contributed by atoms with van der Waals surface area (Å²) in [6.07, 6.45) is -0.311. The van der Waals surface area contributed by atoms with E-state index >= 15 is 0 Å². The molecule has 4 aliphatic rings. The Balaban J connectivity index is 1.26. The van der Waals surface area contributed by atoms with Gasteiger partial charge in [0.05, 0.1) is 36.9 Å². The molecule has 2 saturated carbocycles. The molecule has 3 heterocycles. The topological polar surface area (TPSA) is 170 Å². The lowest BCUT2D eigenvalue weighted by atomic mass is 9.82. The number of aromatic nitrogens is 1. The van der Waals surface area contributed by atoms with Gasteiger partial charge < -0.3 is 24.4 Å². The molecule has 1 saturated heterocycles. The lowest BCUT2D eigenvalue weighted by molar-refractivity contribution is -0.257. The van der Waals surface area contributed by atoms with E-state index in [1.54, 1.807) is 32.2 Å². The quantitative estimate of drug-likeness (QED) is 0.166. The molecule has 334 valence electrons. The van der Waals surface area contributed by atoms with E-state index in [0.717, 1.165) is 24.8 Å². The van der Waals surface area contributed by atoms with Gasteiger partial charge in [0.1, 0.15) is 23.4 Å². The van der Waals surface area contributed by atoms with Crippen LogP contribution in [0.4, 0.5) is 13.2 Å². The van der Waals surface area contributed by atoms with Crippen LogP contribution in [-0.4, -0.2) is 90.4 Å². The molecule has 0 bridgehead atoms. The number of alkyl halides is 3. The van der Waals surface area contributed by atoms with Crippen LogP contribution in [0.5, 0.6) is 11.6 Å². The summed E-state index contributed by atoms with van der Waals surface area (Å²) in [6.45, 7) is 5.00. The zero-order valence-electron chi connectivity index (χ0n) is 35.4. The third kappa shape index (κ3) is 9.57. The number of carbonyl (C=O) groups excluding carboxylic acids is 4. The van der Waals surface area contributed by atoms with Crippen molar-refractivity contribution in [3.63, 3.8) is 0 Å². The summed E-state index contributed by atoms with van der Waals surface area (Å²) < 4.78 is 86.7. The van der Waals surface area contributed by atoms with E-state index in [-0.39, 0.29) is 31.2 Å². The van der Waals surface area contributed by atoms with Crippen molar-refractivity contribution in [2.24, 2.45) is 23.7 Å². The van der Waals surface area contributed by atoms with Gasteiger partial charge in [-0.3, -0.25) is 23.9 Å². The summed E-state index contributed by atoms with van der Waals surface area (Å²) in [4.78, 5) is 63.0. The van der Waals surface area contributed by atoms with Gasteiger partial charge in [-0.1, -0.05) is 56.3 Å². The van der Waals surface area contributed by atoms with Crippen LogP contribution in [0.2, 0.25) is 0 Å². The molecule has 1 aromatic heterocycles. The number of amides is 3. The Morgan fingerprint density at radius 3 is 2.42 bits per heavy atom. The summed E-state index contributed by atoms with van der Waals surface area (Å²) in [6, 6.07) is 15.3. The molecule has 3 fully saturated rings. The Morgan fingerprint density at radius 1 is 1.02 bits per heavy atom. The predicted molar refractivity (Wildman–Crippen MR) is 223 cm³/mol. The standard InChI is InChI=1S/C45H53F3N4O9S/c1-26-11-9-10-14-30-24-44(30,42(56)51-62(57,58)33-16-17-33)50-39(54)37-22-32(25-52(37)41(55)35(27(2)19-26)23-38(53)61-43(3,4)45(46,47)48)60-40-34-18-15-31(59-5)20-29(34)21-36(49-40)28-12-7-6-8-13-28/h6-8,10,12-15,18,20-21,26-27,30,32-33,35,37H,9,11,16-17,19,22-25H2,1-5H3,(H,50,54)(H,51,56)/b14-10-/t26-,27+,30+,32+,35-,37-,44+/m0/s1. The summed E-state index contributed by atoms with van der Waals surface area (Å²) in [5.41, 5.74) is -3.09. The van der Waals surface area contributed by atoms with E-state index in [4.69, 9.17) is 19.2 Å². The van der Waals surface area contributed by atoms with Gasteiger partial charge in [0.2, 0.25) is 33.3 Å². The SMILES string of the molecule is COc1ccc2c(O[C@@H]3C[C@H]4C(=O)N[C@]5(C(=O)NS(=O)(=O)C6CC6)C[C@H]5/C=C\CC[C@H](C)C[C@@H](C)[C@H](CC(=O)OC(C)(C)C(F)(F)F)C(=O)N4C3)nc(-c3ccccc3)cc2c1. The minimum atomic E-state index is -4.88. The molecule has 7 atom stereocenters. The number of fused-ring (bicyclic) bond motifs is 3. The van der Waals surface area contributed by atoms with Crippen LogP contribution in [0.25, 0.3) is 22.0 Å². The number of nitrogens with one attached hydrogen (secondary N) is 2. The molecule has 0 unspecified atom stereocenters. The molecule has 13 nitrogen and oxygen atoms in total. The van der Waals surface area contributed by atoms with Gasteiger partial charge in [-0.05, 0) is 93.9 Å². The lowest BCUT2D eigenvalue weighted by Gasteiger charge is -2.33. The first kappa shape index (κ1) is 44.9. The van der Waals surface area contributed by atoms with Crippen LogP contribution in [0.1, 0.15) is 79.1 Å². The fourth-order valence-corrected chi connectivity index (χ4v) is 9.91.